The Hall–Kier alpha value is -0.830. The van der Waals surface area contributed by atoms with E-state index in [1.165, 1.54) is 38.5 Å². The SMILES string of the molecule is CCCCCCCCCC(=O)N(C)Cc1ccccc1Br. The number of hydrogen-bond acceptors (Lipinski definition) is 1. The van der Waals surface area contributed by atoms with E-state index in [1.54, 1.807) is 0 Å². The van der Waals surface area contributed by atoms with Crippen molar-refractivity contribution < 1.29 is 4.79 Å². The van der Waals surface area contributed by atoms with Gasteiger partial charge in [-0.3, -0.25) is 4.79 Å². The zero-order chi connectivity index (χ0) is 15.5. The van der Waals surface area contributed by atoms with Crippen molar-refractivity contribution in [2.45, 2.75) is 64.8 Å². The second-order valence-electron chi connectivity index (χ2n) is 5.71. The minimum absolute atomic E-state index is 0.249. The maximum atomic E-state index is 12.1. The first-order valence-corrected chi connectivity index (χ1v) is 8.91. The molecule has 118 valence electrons. The van der Waals surface area contributed by atoms with Crippen molar-refractivity contribution in [3.05, 3.63) is 34.3 Å². The predicted molar refractivity (Wildman–Crippen MR) is 93.2 cm³/mol. The van der Waals surface area contributed by atoms with E-state index in [4.69, 9.17) is 0 Å². The van der Waals surface area contributed by atoms with Gasteiger partial charge in [0.05, 0.1) is 0 Å². The Bertz CT molecular complexity index is 419. The fraction of sp³-hybridized carbons (Fsp3) is 0.611. The average molecular weight is 354 g/mol. The molecule has 0 aliphatic carbocycles. The highest BCUT2D eigenvalue weighted by atomic mass is 79.9. The number of carbonyl (C=O) groups excluding carboxylic acids is 1. The molecule has 0 radical (unpaired) electrons. The van der Waals surface area contributed by atoms with E-state index in [9.17, 15) is 4.79 Å². The van der Waals surface area contributed by atoms with Crippen molar-refractivity contribution in [1.82, 2.24) is 4.90 Å². The summed E-state index contributed by atoms with van der Waals surface area (Å²) in [5.41, 5.74) is 1.16. The molecule has 0 atom stereocenters. The van der Waals surface area contributed by atoms with E-state index >= 15 is 0 Å². The van der Waals surface area contributed by atoms with Gasteiger partial charge in [0.25, 0.3) is 0 Å². The molecule has 3 heteroatoms. The van der Waals surface area contributed by atoms with Crippen LogP contribution in [-0.4, -0.2) is 17.9 Å². The monoisotopic (exact) mass is 353 g/mol. The van der Waals surface area contributed by atoms with Gasteiger partial charge >= 0.3 is 0 Å². The summed E-state index contributed by atoms with van der Waals surface area (Å²) in [7, 11) is 1.89. The first kappa shape index (κ1) is 18.2. The summed E-state index contributed by atoms with van der Waals surface area (Å²) >= 11 is 3.53. The normalized spacial score (nSPS) is 10.6. The third kappa shape index (κ3) is 7.66. The molecule has 1 aromatic carbocycles. The molecule has 0 saturated carbocycles. The Balaban J connectivity index is 2.18. The van der Waals surface area contributed by atoms with Crippen molar-refractivity contribution in [1.29, 1.82) is 0 Å². The smallest absolute Gasteiger partial charge is 0.222 e. The van der Waals surface area contributed by atoms with Crippen molar-refractivity contribution in [3.8, 4) is 0 Å². The van der Waals surface area contributed by atoms with Gasteiger partial charge in [0, 0.05) is 24.5 Å². The molecule has 0 aromatic heterocycles. The summed E-state index contributed by atoms with van der Waals surface area (Å²) < 4.78 is 1.07. The van der Waals surface area contributed by atoms with Crippen LogP contribution in [0.15, 0.2) is 28.7 Å². The van der Waals surface area contributed by atoms with Crippen molar-refractivity contribution in [2.75, 3.05) is 7.05 Å². The van der Waals surface area contributed by atoms with Crippen LogP contribution in [0.5, 0.6) is 0 Å². The Labute approximate surface area is 138 Å². The third-order valence-corrected chi connectivity index (χ3v) is 4.56. The van der Waals surface area contributed by atoms with E-state index in [2.05, 4.69) is 28.9 Å². The van der Waals surface area contributed by atoms with Crippen molar-refractivity contribution >= 4 is 21.8 Å². The lowest BCUT2D eigenvalue weighted by Gasteiger charge is -2.18. The second kappa shape index (κ2) is 10.8. The summed E-state index contributed by atoms with van der Waals surface area (Å²) in [4.78, 5) is 13.9. The molecule has 0 aliphatic rings. The van der Waals surface area contributed by atoms with Crippen molar-refractivity contribution in [2.24, 2.45) is 0 Å². The Morgan fingerprint density at radius 2 is 1.67 bits per heavy atom. The number of nitrogens with zero attached hydrogens (tertiary/aromatic N) is 1. The zero-order valence-corrected chi connectivity index (χ0v) is 15.0. The predicted octanol–water partition coefficient (Wildman–Crippen LogP) is 5.55. The van der Waals surface area contributed by atoms with Gasteiger partial charge in [-0.05, 0) is 18.1 Å². The fourth-order valence-electron chi connectivity index (χ4n) is 2.39. The summed E-state index contributed by atoms with van der Waals surface area (Å²) in [6.45, 7) is 2.91. The lowest BCUT2D eigenvalue weighted by Crippen LogP contribution is -2.26. The molecule has 1 rings (SSSR count). The molecule has 0 unspecified atom stereocenters. The zero-order valence-electron chi connectivity index (χ0n) is 13.4. The summed E-state index contributed by atoms with van der Waals surface area (Å²) in [6, 6.07) is 8.08. The number of rotatable bonds is 10. The number of carbonyl (C=O) groups is 1. The topological polar surface area (TPSA) is 20.3 Å². The van der Waals surface area contributed by atoms with Gasteiger partial charge in [-0.2, -0.15) is 0 Å². The molecule has 1 aromatic rings. The molecule has 0 fully saturated rings. The molecule has 0 aliphatic heterocycles. The van der Waals surface area contributed by atoms with Crippen LogP contribution in [0.2, 0.25) is 0 Å². The Morgan fingerprint density at radius 1 is 1.05 bits per heavy atom. The average Bonchev–Trinajstić information content (AvgIpc) is 2.48. The second-order valence-corrected chi connectivity index (χ2v) is 6.57. The molecule has 1 amide bonds. The molecular weight excluding hydrogens is 326 g/mol. The first-order chi connectivity index (χ1) is 10.1. The van der Waals surface area contributed by atoms with Gasteiger partial charge in [-0.15, -0.1) is 0 Å². The van der Waals surface area contributed by atoms with Crippen LogP contribution in [0.25, 0.3) is 0 Å². The van der Waals surface area contributed by atoms with Gasteiger partial charge in [0.15, 0.2) is 0 Å². The number of unbranched alkanes of at least 4 members (excludes halogenated alkanes) is 6. The van der Waals surface area contributed by atoms with E-state index in [0.717, 1.165) is 16.5 Å². The standard InChI is InChI=1S/C18H28BrNO/c1-3-4-5-6-7-8-9-14-18(21)20(2)15-16-12-10-11-13-17(16)19/h10-13H,3-9,14-15H2,1-2H3. The maximum Gasteiger partial charge on any atom is 0.222 e. The van der Waals surface area contributed by atoms with Crippen LogP contribution in [0, 0.1) is 0 Å². The first-order valence-electron chi connectivity index (χ1n) is 8.12. The lowest BCUT2D eigenvalue weighted by molar-refractivity contribution is -0.130. The quantitative estimate of drug-likeness (QED) is 0.505. The molecule has 21 heavy (non-hydrogen) atoms. The van der Waals surface area contributed by atoms with Crippen LogP contribution < -0.4 is 0 Å². The van der Waals surface area contributed by atoms with E-state index < -0.39 is 0 Å². The molecule has 0 N–H and O–H groups in total. The molecule has 0 heterocycles. The van der Waals surface area contributed by atoms with Crippen LogP contribution in [0.1, 0.15) is 63.9 Å². The molecule has 2 nitrogen and oxygen atoms in total. The molecular formula is C18H28BrNO. The van der Waals surface area contributed by atoms with Gasteiger partial charge < -0.3 is 4.90 Å². The van der Waals surface area contributed by atoms with Gasteiger partial charge in [-0.1, -0.05) is 79.6 Å². The van der Waals surface area contributed by atoms with Crippen LogP contribution in [0.3, 0.4) is 0 Å². The lowest BCUT2D eigenvalue weighted by atomic mass is 10.1. The number of hydrogen-bond donors (Lipinski definition) is 0. The summed E-state index contributed by atoms with van der Waals surface area (Å²) in [6.07, 6.45) is 9.42. The molecule has 0 saturated heterocycles. The molecule has 0 spiro atoms. The minimum atomic E-state index is 0.249. The Morgan fingerprint density at radius 3 is 2.33 bits per heavy atom. The maximum absolute atomic E-state index is 12.1. The fourth-order valence-corrected chi connectivity index (χ4v) is 2.80. The summed E-state index contributed by atoms with van der Waals surface area (Å²) in [5.74, 6) is 0.249. The summed E-state index contributed by atoms with van der Waals surface area (Å²) in [5, 5.41) is 0. The third-order valence-electron chi connectivity index (χ3n) is 3.79. The highest BCUT2D eigenvalue weighted by Crippen LogP contribution is 2.18. The minimum Gasteiger partial charge on any atom is -0.341 e. The van der Waals surface area contributed by atoms with Crippen LogP contribution >= 0.6 is 15.9 Å². The van der Waals surface area contributed by atoms with E-state index in [0.29, 0.717) is 13.0 Å². The van der Waals surface area contributed by atoms with E-state index in [1.807, 2.05) is 30.1 Å². The number of amides is 1. The highest BCUT2D eigenvalue weighted by molar-refractivity contribution is 9.10. The van der Waals surface area contributed by atoms with Crippen LogP contribution in [-0.2, 0) is 11.3 Å². The van der Waals surface area contributed by atoms with Gasteiger partial charge in [-0.25, -0.2) is 0 Å². The van der Waals surface area contributed by atoms with Crippen LogP contribution in [0.4, 0.5) is 0 Å². The Kier molecular flexibility index (Phi) is 9.40. The largest absolute Gasteiger partial charge is 0.341 e. The number of halogens is 1. The van der Waals surface area contributed by atoms with E-state index in [-0.39, 0.29) is 5.91 Å². The molecule has 0 bridgehead atoms. The van der Waals surface area contributed by atoms with Gasteiger partial charge in [0.2, 0.25) is 5.91 Å². The highest BCUT2D eigenvalue weighted by Gasteiger charge is 2.10. The number of benzene rings is 1. The van der Waals surface area contributed by atoms with Gasteiger partial charge in [0.1, 0.15) is 0 Å². The van der Waals surface area contributed by atoms with Crippen molar-refractivity contribution in [3.63, 3.8) is 0 Å².